The lowest BCUT2D eigenvalue weighted by Crippen LogP contribution is -2.41. The van der Waals surface area contributed by atoms with Crippen LogP contribution in [0.25, 0.3) is 0 Å². The number of nitrogens with zero attached hydrogens (tertiary/aromatic N) is 1. The van der Waals surface area contributed by atoms with Crippen molar-refractivity contribution in [3.8, 4) is 0 Å². The van der Waals surface area contributed by atoms with E-state index >= 15 is 0 Å². The largest absolute Gasteiger partial charge is 0.460 e. The van der Waals surface area contributed by atoms with Gasteiger partial charge in [-0.15, -0.1) is 0 Å². The summed E-state index contributed by atoms with van der Waals surface area (Å²) in [5, 5.41) is 0. The fourth-order valence-corrected chi connectivity index (χ4v) is 2.55. The molecular formula is C16H24N2O2. The first-order valence-corrected chi connectivity index (χ1v) is 7.19. The van der Waals surface area contributed by atoms with Crippen LogP contribution < -0.4 is 10.6 Å². The molecule has 0 amide bonds. The molecule has 1 aliphatic heterocycles. The summed E-state index contributed by atoms with van der Waals surface area (Å²) in [5.74, 6) is -0.167. The van der Waals surface area contributed by atoms with E-state index in [4.69, 9.17) is 10.5 Å². The van der Waals surface area contributed by atoms with Gasteiger partial charge in [0.25, 0.3) is 0 Å². The summed E-state index contributed by atoms with van der Waals surface area (Å²) in [4.78, 5) is 14.4. The van der Waals surface area contributed by atoms with Crippen molar-refractivity contribution < 1.29 is 9.53 Å². The molecule has 0 aliphatic carbocycles. The molecule has 1 heterocycles. The second-order valence-corrected chi connectivity index (χ2v) is 6.38. The highest BCUT2D eigenvalue weighted by molar-refractivity contribution is 5.75. The molecule has 1 aromatic carbocycles. The van der Waals surface area contributed by atoms with Crippen LogP contribution in [0.2, 0.25) is 0 Å². The highest BCUT2D eigenvalue weighted by Gasteiger charge is 2.30. The Balaban J connectivity index is 2.06. The first-order chi connectivity index (χ1) is 9.37. The van der Waals surface area contributed by atoms with E-state index in [-0.39, 0.29) is 11.9 Å². The standard InChI is InChI=1S/C16H24N2O2/c1-16(2,3)20-15(19)12-7-6-10-18(11-12)14-9-5-4-8-13(14)17/h4-5,8-9,12H,6-7,10-11,17H2,1-3H3. The molecule has 20 heavy (non-hydrogen) atoms. The van der Waals surface area contributed by atoms with Gasteiger partial charge in [0.1, 0.15) is 5.60 Å². The van der Waals surface area contributed by atoms with Gasteiger partial charge in [-0.25, -0.2) is 0 Å². The van der Waals surface area contributed by atoms with Crippen LogP contribution in [-0.4, -0.2) is 24.7 Å². The lowest BCUT2D eigenvalue weighted by atomic mass is 9.97. The number of piperidine rings is 1. The maximum absolute atomic E-state index is 12.2. The first-order valence-electron chi connectivity index (χ1n) is 7.19. The van der Waals surface area contributed by atoms with Crippen LogP contribution in [0.4, 0.5) is 11.4 Å². The van der Waals surface area contributed by atoms with Crippen molar-refractivity contribution in [3.63, 3.8) is 0 Å². The highest BCUT2D eigenvalue weighted by Crippen LogP contribution is 2.28. The van der Waals surface area contributed by atoms with Gasteiger partial charge in [0.05, 0.1) is 17.3 Å². The van der Waals surface area contributed by atoms with E-state index in [1.165, 1.54) is 0 Å². The second-order valence-electron chi connectivity index (χ2n) is 6.38. The molecule has 2 N–H and O–H groups in total. The summed E-state index contributed by atoms with van der Waals surface area (Å²) in [6.07, 6.45) is 1.87. The van der Waals surface area contributed by atoms with Gasteiger partial charge in [-0.3, -0.25) is 4.79 Å². The molecule has 4 nitrogen and oxygen atoms in total. The maximum Gasteiger partial charge on any atom is 0.311 e. The van der Waals surface area contributed by atoms with E-state index < -0.39 is 5.60 Å². The number of benzene rings is 1. The smallest absolute Gasteiger partial charge is 0.311 e. The Morgan fingerprint density at radius 1 is 1.35 bits per heavy atom. The molecule has 1 fully saturated rings. The van der Waals surface area contributed by atoms with E-state index in [0.29, 0.717) is 6.54 Å². The second kappa shape index (κ2) is 5.73. The summed E-state index contributed by atoms with van der Waals surface area (Å²) in [7, 11) is 0. The van der Waals surface area contributed by atoms with E-state index in [2.05, 4.69) is 4.90 Å². The molecule has 0 saturated carbocycles. The van der Waals surface area contributed by atoms with Gasteiger partial charge in [0.15, 0.2) is 0 Å². The highest BCUT2D eigenvalue weighted by atomic mass is 16.6. The summed E-state index contributed by atoms with van der Waals surface area (Å²) in [6.45, 7) is 7.33. The zero-order valence-corrected chi connectivity index (χ0v) is 12.6. The lowest BCUT2D eigenvalue weighted by molar-refractivity contribution is -0.160. The summed E-state index contributed by atoms with van der Waals surface area (Å²) in [5.41, 5.74) is 7.37. The van der Waals surface area contributed by atoms with Gasteiger partial charge in [-0.2, -0.15) is 0 Å². The van der Waals surface area contributed by atoms with Crippen molar-refractivity contribution in [1.82, 2.24) is 0 Å². The number of carbonyl (C=O) groups excluding carboxylic acids is 1. The Hall–Kier alpha value is -1.71. The maximum atomic E-state index is 12.2. The molecule has 0 bridgehead atoms. The molecule has 110 valence electrons. The first kappa shape index (κ1) is 14.7. The minimum atomic E-state index is -0.425. The van der Waals surface area contributed by atoms with Crippen molar-refractivity contribution in [3.05, 3.63) is 24.3 Å². The molecule has 1 atom stereocenters. The molecule has 1 unspecified atom stereocenters. The number of esters is 1. The number of hydrogen-bond acceptors (Lipinski definition) is 4. The third-order valence-electron chi connectivity index (χ3n) is 3.44. The Bertz CT molecular complexity index is 480. The Morgan fingerprint density at radius 3 is 2.70 bits per heavy atom. The Labute approximate surface area is 120 Å². The predicted octanol–water partition coefficient (Wildman–Crippen LogP) is 2.83. The number of rotatable bonds is 2. The molecule has 1 saturated heterocycles. The van der Waals surface area contributed by atoms with Crippen molar-refractivity contribution in [2.24, 2.45) is 5.92 Å². The number of nitrogen functional groups attached to an aromatic ring is 1. The van der Waals surface area contributed by atoms with Gasteiger partial charge >= 0.3 is 5.97 Å². The zero-order valence-electron chi connectivity index (χ0n) is 12.6. The van der Waals surface area contributed by atoms with Crippen LogP contribution in [0, 0.1) is 5.92 Å². The molecule has 2 rings (SSSR count). The van der Waals surface area contributed by atoms with Crippen molar-refractivity contribution in [2.75, 3.05) is 23.7 Å². The summed E-state index contributed by atoms with van der Waals surface area (Å²) < 4.78 is 5.49. The predicted molar refractivity (Wildman–Crippen MR) is 81.6 cm³/mol. The van der Waals surface area contributed by atoms with Gasteiger partial charge in [0, 0.05) is 13.1 Å². The van der Waals surface area contributed by atoms with Gasteiger partial charge in [-0.05, 0) is 45.7 Å². The van der Waals surface area contributed by atoms with E-state index in [1.54, 1.807) is 0 Å². The Morgan fingerprint density at radius 2 is 2.05 bits per heavy atom. The summed E-state index contributed by atoms with van der Waals surface area (Å²) in [6, 6.07) is 7.80. The van der Waals surface area contributed by atoms with Crippen molar-refractivity contribution >= 4 is 17.3 Å². The van der Waals surface area contributed by atoms with E-state index in [9.17, 15) is 4.79 Å². The van der Waals surface area contributed by atoms with Gasteiger partial charge in [-0.1, -0.05) is 12.1 Å². The quantitative estimate of drug-likeness (QED) is 0.666. The minimum Gasteiger partial charge on any atom is -0.460 e. The molecule has 4 heteroatoms. The zero-order chi connectivity index (χ0) is 14.8. The topological polar surface area (TPSA) is 55.6 Å². The molecule has 1 aliphatic rings. The van der Waals surface area contributed by atoms with Gasteiger partial charge in [0.2, 0.25) is 0 Å². The van der Waals surface area contributed by atoms with Crippen molar-refractivity contribution in [2.45, 2.75) is 39.2 Å². The number of anilines is 2. The third-order valence-corrected chi connectivity index (χ3v) is 3.44. The average molecular weight is 276 g/mol. The molecule has 1 aromatic rings. The molecule has 0 spiro atoms. The van der Waals surface area contributed by atoms with Crippen LogP contribution in [0.3, 0.4) is 0 Å². The SMILES string of the molecule is CC(C)(C)OC(=O)C1CCCN(c2ccccc2N)C1. The summed E-state index contributed by atoms with van der Waals surface area (Å²) >= 11 is 0. The fourth-order valence-electron chi connectivity index (χ4n) is 2.55. The van der Waals surface area contributed by atoms with Crippen LogP contribution in [0.1, 0.15) is 33.6 Å². The Kier molecular flexibility index (Phi) is 4.21. The molecule has 0 aromatic heterocycles. The van der Waals surface area contributed by atoms with Crippen molar-refractivity contribution in [1.29, 1.82) is 0 Å². The van der Waals surface area contributed by atoms with E-state index in [0.717, 1.165) is 30.8 Å². The monoisotopic (exact) mass is 276 g/mol. The number of ether oxygens (including phenoxy) is 1. The molecule has 0 radical (unpaired) electrons. The normalized spacial score (nSPS) is 19.8. The number of para-hydroxylation sites is 2. The number of carbonyl (C=O) groups is 1. The average Bonchev–Trinajstić information content (AvgIpc) is 2.37. The third kappa shape index (κ3) is 3.65. The fraction of sp³-hybridized carbons (Fsp3) is 0.562. The lowest BCUT2D eigenvalue weighted by Gasteiger charge is -2.35. The van der Waals surface area contributed by atoms with Gasteiger partial charge < -0.3 is 15.4 Å². The van der Waals surface area contributed by atoms with Crippen LogP contribution in [-0.2, 0) is 9.53 Å². The molecular weight excluding hydrogens is 252 g/mol. The number of hydrogen-bond donors (Lipinski definition) is 1. The number of nitrogens with two attached hydrogens (primary N) is 1. The minimum absolute atomic E-state index is 0.0671. The van der Waals surface area contributed by atoms with E-state index in [1.807, 2.05) is 45.0 Å². The van der Waals surface area contributed by atoms with Crippen LogP contribution >= 0.6 is 0 Å². The van der Waals surface area contributed by atoms with Crippen LogP contribution in [0.15, 0.2) is 24.3 Å². The van der Waals surface area contributed by atoms with Crippen LogP contribution in [0.5, 0.6) is 0 Å².